The molecule has 0 spiro atoms. The van der Waals surface area contributed by atoms with Crippen LogP contribution in [0.2, 0.25) is 0 Å². The summed E-state index contributed by atoms with van der Waals surface area (Å²) in [5, 5.41) is 4.01. The largest absolute Gasteiger partial charge is 0.296 e. The average molecular weight is 382 g/mol. The molecular weight excluding hydrogens is 370 g/mol. The molecular formula is C18H11N3OS3. The van der Waals surface area contributed by atoms with Crippen LogP contribution in [0, 0.1) is 0 Å². The lowest BCUT2D eigenvalue weighted by atomic mass is 10.1. The summed E-state index contributed by atoms with van der Waals surface area (Å²) >= 11 is 4.75. The highest BCUT2D eigenvalue weighted by atomic mass is 32.2. The normalized spacial score (nSPS) is 12.6. The third-order valence-electron chi connectivity index (χ3n) is 3.91. The Morgan fingerprint density at radius 1 is 1.00 bits per heavy atom. The van der Waals surface area contributed by atoms with Crippen molar-refractivity contribution in [2.45, 2.75) is 10.6 Å². The molecule has 0 unspecified atom stereocenters. The van der Waals surface area contributed by atoms with Crippen molar-refractivity contribution < 1.29 is 4.79 Å². The van der Waals surface area contributed by atoms with E-state index in [1.807, 2.05) is 48.2 Å². The number of amides is 1. The number of fused-ring (bicyclic) bond motifs is 4. The first-order valence-electron chi connectivity index (χ1n) is 7.67. The van der Waals surface area contributed by atoms with Crippen molar-refractivity contribution in [3.8, 4) is 11.3 Å². The van der Waals surface area contributed by atoms with E-state index >= 15 is 0 Å². The van der Waals surface area contributed by atoms with Gasteiger partial charge in [0.1, 0.15) is 0 Å². The molecule has 122 valence electrons. The van der Waals surface area contributed by atoms with Gasteiger partial charge < -0.3 is 0 Å². The quantitative estimate of drug-likeness (QED) is 0.513. The molecule has 2 aromatic heterocycles. The van der Waals surface area contributed by atoms with E-state index in [1.165, 1.54) is 21.1 Å². The van der Waals surface area contributed by atoms with Gasteiger partial charge in [-0.3, -0.25) is 10.1 Å². The van der Waals surface area contributed by atoms with Crippen LogP contribution in [0.1, 0.15) is 14.7 Å². The number of carbonyl (C=O) groups is 1. The highest BCUT2D eigenvalue weighted by Crippen LogP contribution is 2.44. The molecule has 4 nitrogen and oxygen atoms in total. The van der Waals surface area contributed by atoms with Crippen molar-refractivity contribution in [1.82, 2.24) is 9.97 Å². The number of aromatic nitrogens is 2. The van der Waals surface area contributed by atoms with Crippen LogP contribution in [0.4, 0.5) is 5.13 Å². The van der Waals surface area contributed by atoms with Gasteiger partial charge in [-0.1, -0.05) is 30.3 Å². The van der Waals surface area contributed by atoms with Crippen LogP contribution in [-0.2, 0) is 5.75 Å². The minimum absolute atomic E-state index is 0.201. The Morgan fingerprint density at radius 2 is 1.84 bits per heavy atom. The number of hydrogen-bond donors (Lipinski definition) is 1. The zero-order valence-corrected chi connectivity index (χ0v) is 15.3. The standard InChI is InChI=1S/C18H11N3OS3/c22-16(17-19-11-6-2-4-8-13(11)24-17)21-18-20-15-10-5-1-3-7-12(10)23-9-14(15)25-18/h1-8H,9H2,(H,20,21,22). The van der Waals surface area contributed by atoms with Crippen LogP contribution >= 0.6 is 34.4 Å². The van der Waals surface area contributed by atoms with Gasteiger partial charge in [-0.15, -0.1) is 34.4 Å². The van der Waals surface area contributed by atoms with Crippen molar-refractivity contribution >= 4 is 55.7 Å². The Balaban J connectivity index is 1.46. The SMILES string of the molecule is O=C(Nc1nc2c(s1)CSc1ccccc1-2)c1nc2ccccc2s1. The summed E-state index contributed by atoms with van der Waals surface area (Å²) in [5.41, 5.74) is 2.98. The van der Waals surface area contributed by atoms with Crippen molar-refractivity contribution in [1.29, 1.82) is 0 Å². The topological polar surface area (TPSA) is 54.9 Å². The smallest absolute Gasteiger partial charge is 0.286 e. The summed E-state index contributed by atoms with van der Waals surface area (Å²) in [6.45, 7) is 0. The molecule has 3 heterocycles. The van der Waals surface area contributed by atoms with Gasteiger partial charge in [-0.05, 0) is 18.2 Å². The molecule has 0 saturated heterocycles. The predicted molar refractivity (Wildman–Crippen MR) is 105 cm³/mol. The summed E-state index contributed by atoms with van der Waals surface area (Å²) in [5.74, 6) is 0.689. The predicted octanol–water partition coefficient (Wildman–Crippen LogP) is 5.28. The second-order valence-electron chi connectivity index (χ2n) is 5.52. The molecule has 0 atom stereocenters. The van der Waals surface area contributed by atoms with Gasteiger partial charge in [-0.25, -0.2) is 9.97 Å². The molecule has 0 radical (unpaired) electrons. The molecule has 0 saturated carbocycles. The zero-order valence-electron chi connectivity index (χ0n) is 12.9. The Morgan fingerprint density at radius 3 is 2.76 bits per heavy atom. The first kappa shape index (κ1) is 15.1. The van der Waals surface area contributed by atoms with Crippen LogP contribution < -0.4 is 5.32 Å². The Hall–Kier alpha value is -2.22. The minimum Gasteiger partial charge on any atom is -0.296 e. The second kappa shape index (κ2) is 5.94. The number of benzene rings is 2. The van der Waals surface area contributed by atoms with E-state index in [0.717, 1.165) is 27.2 Å². The van der Waals surface area contributed by atoms with E-state index in [2.05, 4.69) is 27.4 Å². The fraction of sp³-hybridized carbons (Fsp3) is 0.0556. The van der Waals surface area contributed by atoms with Gasteiger partial charge in [0.25, 0.3) is 5.91 Å². The third-order valence-corrected chi connectivity index (χ3v) is 7.20. The Kier molecular flexibility index (Phi) is 3.58. The maximum absolute atomic E-state index is 12.5. The van der Waals surface area contributed by atoms with E-state index < -0.39 is 0 Å². The van der Waals surface area contributed by atoms with Crippen LogP contribution in [0.5, 0.6) is 0 Å². The maximum Gasteiger partial charge on any atom is 0.286 e. The van der Waals surface area contributed by atoms with Crippen molar-refractivity contribution in [2.75, 3.05) is 5.32 Å². The molecule has 0 aliphatic carbocycles. The van der Waals surface area contributed by atoms with Gasteiger partial charge in [0.15, 0.2) is 10.1 Å². The number of nitrogens with zero attached hydrogens (tertiary/aromatic N) is 2. The zero-order chi connectivity index (χ0) is 16.8. The molecule has 1 amide bonds. The van der Waals surface area contributed by atoms with E-state index in [9.17, 15) is 4.79 Å². The van der Waals surface area contributed by atoms with Crippen LogP contribution in [0.25, 0.3) is 21.5 Å². The third kappa shape index (κ3) is 2.64. The summed E-state index contributed by atoms with van der Waals surface area (Å²) in [7, 11) is 0. The molecule has 0 bridgehead atoms. The first-order valence-corrected chi connectivity index (χ1v) is 10.3. The molecule has 1 aliphatic heterocycles. The molecule has 25 heavy (non-hydrogen) atoms. The van der Waals surface area contributed by atoms with Gasteiger partial charge >= 0.3 is 0 Å². The van der Waals surface area contributed by atoms with Crippen LogP contribution in [-0.4, -0.2) is 15.9 Å². The number of hydrogen-bond acceptors (Lipinski definition) is 6. The summed E-state index contributed by atoms with van der Waals surface area (Å²) < 4.78 is 1.01. The van der Waals surface area contributed by atoms with E-state index in [4.69, 9.17) is 0 Å². The second-order valence-corrected chi connectivity index (χ2v) is 8.65. The minimum atomic E-state index is -0.201. The lowest BCUT2D eigenvalue weighted by Crippen LogP contribution is -2.11. The van der Waals surface area contributed by atoms with Crippen molar-refractivity contribution in [3.63, 3.8) is 0 Å². The average Bonchev–Trinajstić information content (AvgIpc) is 3.25. The number of nitrogens with one attached hydrogen (secondary N) is 1. The Labute approximate surface area is 156 Å². The molecule has 2 aromatic carbocycles. The number of thioether (sulfide) groups is 1. The van der Waals surface area contributed by atoms with Gasteiger partial charge in [-0.2, -0.15) is 0 Å². The summed E-state index contributed by atoms with van der Waals surface area (Å²) in [6.07, 6.45) is 0. The number of carbonyl (C=O) groups excluding carboxylic acids is 1. The monoisotopic (exact) mass is 381 g/mol. The highest BCUT2D eigenvalue weighted by Gasteiger charge is 2.22. The van der Waals surface area contributed by atoms with Crippen molar-refractivity contribution in [3.05, 3.63) is 58.4 Å². The fourth-order valence-corrected chi connectivity index (χ4v) is 5.72. The fourth-order valence-electron chi connectivity index (χ4n) is 2.76. The first-order chi connectivity index (χ1) is 12.3. The number of anilines is 1. The lowest BCUT2D eigenvalue weighted by Gasteiger charge is -2.13. The molecule has 7 heteroatoms. The van der Waals surface area contributed by atoms with Crippen LogP contribution in [0.15, 0.2) is 53.4 Å². The maximum atomic E-state index is 12.5. The van der Waals surface area contributed by atoms with Gasteiger partial charge in [0, 0.05) is 21.1 Å². The number of para-hydroxylation sites is 1. The highest BCUT2D eigenvalue weighted by molar-refractivity contribution is 7.98. The summed E-state index contributed by atoms with van der Waals surface area (Å²) in [4.78, 5) is 24.0. The Bertz CT molecular complexity index is 1080. The molecule has 1 N–H and O–H groups in total. The van der Waals surface area contributed by atoms with Crippen molar-refractivity contribution in [2.24, 2.45) is 0 Å². The number of thiazole rings is 2. The molecule has 4 aromatic rings. The molecule has 1 aliphatic rings. The van der Waals surface area contributed by atoms with E-state index in [-0.39, 0.29) is 5.91 Å². The number of rotatable bonds is 2. The van der Waals surface area contributed by atoms with E-state index in [0.29, 0.717) is 10.1 Å². The van der Waals surface area contributed by atoms with Crippen LogP contribution in [0.3, 0.4) is 0 Å². The molecule has 0 fully saturated rings. The van der Waals surface area contributed by atoms with Gasteiger partial charge in [0.05, 0.1) is 15.9 Å². The lowest BCUT2D eigenvalue weighted by molar-refractivity contribution is 0.102. The summed E-state index contributed by atoms with van der Waals surface area (Å²) in [6, 6.07) is 16.0. The molecule has 5 rings (SSSR count). The van der Waals surface area contributed by atoms with Gasteiger partial charge in [0.2, 0.25) is 0 Å². The van der Waals surface area contributed by atoms with E-state index in [1.54, 1.807) is 11.3 Å².